The summed E-state index contributed by atoms with van der Waals surface area (Å²) in [7, 11) is 1.94. The van der Waals surface area contributed by atoms with E-state index in [2.05, 4.69) is 23.9 Å². The predicted octanol–water partition coefficient (Wildman–Crippen LogP) is 2.50. The molecule has 2 aromatic rings. The normalized spacial score (nSPS) is 11.1. The molecular formula is C13H18N4. The van der Waals surface area contributed by atoms with E-state index in [1.807, 2.05) is 37.0 Å². The van der Waals surface area contributed by atoms with Gasteiger partial charge in [0, 0.05) is 24.5 Å². The van der Waals surface area contributed by atoms with E-state index in [1.54, 1.807) is 0 Å². The molecule has 0 spiro atoms. The number of aryl methyl sites for hydroxylation is 2. The van der Waals surface area contributed by atoms with E-state index in [-0.39, 0.29) is 0 Å². The highest BCUT2D eigenvalue weighted by atomic mass is 15.3. The molecule has 0 fully saturated rings. The van der Waals surface area contributed by atoms with Crippen molar-refractivity contribution < 1.29 is 0 Å². The van der Waals surface area contributed by atoms with Crippen molar-refractivity contribution in [3.8, 4) is 11.1 Å². The van der Waals surface area contributed by atoms with E-state index in [1.165, 1.54) is 0 Å². The fourth-order valence-electron chi connectivity index (χ4n) is 2.00. The molecule has 0 aliphatic carbocycles. The quantitative estimate of drug-likeness (QED) is 0.862. The van der Waals surface area contributed by atoms with Crippen molar-refractivity contribution in [2.75, 3.05) is 5.73 Å². The molecule has 0 unspecified atom stereocenters. The first-order valence-electron chi connectivity index (χ1n) is 5.75. The molecule has 0 amide bonds. The number of rotatable bonds is 2. The van der Waals surface area contributed by atoms with Crippen LogP contribution < -0.4 is 5.73 Å². The maximum atomic E-state index is 5.79. The van der Waals surface area contributed by atoms with Gasteiger partial charge in [0.1, 0.15) is 5.82 Å². The van der Waals surface area contributed by atoms with Gasteiger partial charge < -0.3 is 5.73 Å². The van der Waals surface area contributed by atoms with Gasteiger partial charge in [0.2, 0.25) is 0 Å². The zero-order chi connectivity index (χ0) is 12.6. The molecule has 2 N–H and O–H groups in total. The third-order valence-corrected chi connectivity index (χ3v) is 2.69. The van der Waals surface area contributed by atoms with E-state index >= 15 is 0 Å². The first-order valence-corrected chi connectivity index (χ1v) is 5.75. The lowest BCUT2D eigenvalue weighted by atomic mass is 10.0. The monoisotopic (exact) mass is 230 g/mol. The topological polar surface area (TPSA) is 56.7 Å². The maximum Gasteiger partial charge on any atom is 0.124 e. The van der Waals surface area contributed by atoms with Crippen LogP contribution in [0.1, 0.15) is 31.2 Å². The van der Waals surface area contributed by atoms with Gasteiger partial charge in [0.05, 0.1) is 5.69 Å². The van der Waals surface area contributed by atoms with Crippen molar-refractivity contribution in [2.45, 2.75) is 26.7 Å². The molecule has 0 aromatic carbocycles. The van der Waals surface area contributed by atoms with Crippen LogP contribution in [0.25, 0.3) is 11.1 Å². The summed E-state index contributed by atoms with van der Waals surface area (Å²) in [5.74, 6) is 0.944. The second kappa shape index (κ2) is 4.20. The number of nitrogen functional groups attached to an aromatic ring is 1. The summed E-state index contributed by atoms with van der Waals surface area (Å²) in [6, 6.07) is 3.94. The first kappa shape index (κ1) is 11.6. The average molecular weight is 230 g/mol. The predicted molar refractivity (Wildman–Crippen MR) is 69.7 cm³/mol. The zero-order valence-electron chi connectivity index (χ0n) is 10.7. The van der Waals surface area contributed by atoms with Gasteiger partial charge in [-0.05, 0) is 30.5 Å². The van der Waals surface area contributed by atoms with Crippen molar-refractivity contribution in [3.05, 3.63) is 29.7 Å². The van der Waals surface area contributed by atoms with Crippen LogP contribution in [0.15, 0.2) is 18.3 Å². The van der Waals surface area contributed by atoms with Gasteiger partial charge in [-0.15, -0.1) is 0 Å². The Kier molecular flexibility index (Phi) is 2.88. The molecule has 2 aromatic heterocycles. The zero-order valence-corrected chi connectivity index (χ0v) is 10.7. The Morgan fingerprint density at radius 3 is 2.59 bits per heavy atom. The minimum atomic E-state index is 0.390. The maximum absolute atomic E-state index is 5.79. The van der Waals surface area contributed by atoms with E-state index in [0.29, 0.717) is 11.7 Å². The van der Waals surface area contributed by atoms with Gasteiger partial charge >= 0.3 is 0 Å². The molecule has 90 valence electrons. The molecule has 4 nitrogen and oxygen atoms in total. The molecule has 0 bridgehead atoms. The average Bonchev–Trinajstić information content (AvgIpc) is 2.59. The van der Waals surface area contributed by atoms with Gasteiger partial charge in [0.25, 0.3) is 0 Å². The lowest BCUT2D eigenvalue weighted by Crippen LogP contribution is -1.96. The van der Waals surface area contributed by atoms with E-state index in [4.69, 9.17) is 5.73 Å². The molecule has 2 rings (SSSR count). The first-order chi connectivity index (χ1) is 7.97. The number of pyridine rings is 1. The van der Waals surface area contributed by atoms with Gasteiger partial charge in [-0.2, -0.15) is 5.10 Å². The Morgan fingerprint density at radius 2 is 2.00 bits per heavy atom. The Morgan fingerprint density at radius 1 is 1.29 bits per heavy atom. The molecule has 0 radical (unpaired) electrons. The van der Waals surface area contributed by atoms with E-state index < -0.39 is 0 Å². The van der Waals surface area contributed by atoms with E-state index in [0.717, 1.165) is 22.5 Å². The Hall–Kier alpha value is -1.84. The number of nitrogens with zero attached hydrogens (tertiary/aromatic N) is 3. The summed E-state index contributed by atoms with van der Waals surface area (Å²) in [6.45, 7) is 6.23. The summed E-state index contributed by atoms with van der Waals surface area (Å²) in [6.07, 6.45) is 2.03. The summed E-state index contributed by atoms with van der Waals surface area (Å²) in [4.78, 5) is 4.19. The van der Waals surface area contributed by atoms with Crippen LogP contribution in [-0.4, -0.2) is 14.8 Å². The third kappa shape index (κ3) is 2.30. The van der Waals surface area contributed by atoms with Crippen LogP contribution >= 0.6 is 0 Å². The number of aromatic nitrogens is 3. The SMILES string of the molecule is Cc1cc(-c2cn(C)nc2C(C)C)cc(N)n1. The highest BCUT2D eigenvalue weighted by molar-refractivity contribution is 5.68. The number of anilines is 1. The van der Waals surface area contributed by atoms with Gasteiger partial charge in [-0.1, -0.05) is 13.8 Å². The fourth-order valence-corrected chi connectivity index (χ4v) is 2.00. The standard InChI is InChI=1S/C13H18N4/c1-8(2)13-11(7-17(4)16-13)10-5-9(3)15-12(14)6-10/h5-8H,1-4H3,(H2,14,15). The van der Waals surface area contributed by atoms with Crippen molar-refractivity contribution in [1.29, 1.82) is 0 Å². The smallest absolute Gasteiger partial charge is 0.124 e. The Balaban J connectivity index is 2.59. The molecule has 17 heavy (non-hydrogen) atoms. The number of hydrogen-bond acceptors (Lipinski definition) is 3. The van der Waals surface area contributed by atoms with Gasteiger partial charge in [-0.3, -0.25) is 4.68 Å². The van der Waals surface area contributed by atoms with Gasteiger partial charge in [0.15, 0.2) is 0 Å². The van der Waals surface area contributed by atoms with Crippen molar-refractivity contribution in [1.82, 2.24) is 14.8 Å². The fraction of sp³-hybridized carbons (Fsp3) is 0.385. The second-order valence-corrected chi connectivity index (χ2v) is 4.68. The molecule has 0 atom stereocenters. The highest BCUT2D eigenvalue weighted by Gasteiger charge is 2.13. The lowest BCUT2D eigenvalue weighted by molar-refractivity contribution is 0.713. The largest absolute Gasteiger partial charge is 0.384 e. The second-order valence-electron chi connectivity index (χ2n) is 4.68. The summed E-state index contributed by atoms with van der Waals surface area (Å²) in [5, 5.41) is 4.50. The summed E-state index contributed by atoms with van der Waals surface area (Å²) < 4.78 is 1.84. The number of hydrogen-bond donors (Lipinski definition) is 1. The van der Waals surface area contributed by atoms with Crippen LogP contribution in [0.4, 0.5) is 5.82 Å². The van der Waals surface area contributed by atoms with E-state index in [9.17, 15) is 0 Å². The molecule has 0 saturated carbocycles. The highest BCUT2D eigenvalue weighted by Crippen LogP contribution is 2.29. The van der Waals surface area contributed by atoms with Crippen molar-refractivity contribution >= 4 is 5.82 Å². The molecular weight excluding hydrogens is 212 g/mol. The molecule has 0 aliphatic heterocycles. The Bertz CT molecular complexity index is 520. The van der Waals surface area contributed by atoms with Crippen LogP contribution in [0.3, 0.4) is 0 Å². The summed E-state index contributed by atoms with van der Waals surface area (Å²) >= 11 is 0. The van der Waals surface area contributed by atoms with Crippen LogP contribution in [-0.2, 0) is 7.05 Å². The van der Waals surface area contributed by atoms with Crippen molar-refractivity contribution in [2.24, 2.45) is 7.05 Å². The molecule has 4 heteroatoms. The minimum Gasteiger partial charge on any atom is -0.384 e. The number of nitrogens with two attached hydrogens (primary N) is 1. The molecule has 0 saturated heterocycles. The van der Waals surface area contributed by atoms with Crippen molar-refractivity contribution in [3.63, 3.8) is 0 Å². The van der Waals surface area contributed by atoms with Gasteiger partial charge in [-0.25, -0.2) is 4.98 Å². The Labute approximate surface area is 101 Å². The lowest BCUT2D eigenvalue weighted by Gasteiger charge is -2.06. The van der Waals surface area contributed by atoms with Crippen LogP contribution in [0, 0.1) is 6.92 Å². The third-order valence-electron chi connectivity index (χ3n) is 2.69. The molecule has 2 heterocycles. The van der Waals surface area contributed by atoms with Crippen LogP contribution in [0.2, 0.25) is 0 Å². The minimum absolute atomic E-state index is 0.390. The van der Waals surface area contributed by atoms with Crippen LogP contribution in [0.5, 0.6) is 0 Å². The molecule has 0 aliphatic rings. The summed E-state index contributed by atoms with van der Waals surface area (Å²) in [5.41, 5.74) is 10.0.